The molecule has 0 aromatic heterocycles. The minimum absolute atomic E-state index is 0.0845. The molecule has 0 bridgehead atoms. The van der Waals surface area contributed by atoms with Crippen molar-refractivity contribution in [1.82, 2.24) is 5.32 Å². The Morgan fingerprint density at radius 2 is 2.18 bits per heavy atom. The van der Waals surface area contributed by atoms with Crippen LogP contribution in [0.3, 0.4) is 0 Å². The number of benzene rings is 1. The maximum atomic E-state index is 11.3. The van der Waals surface area contributed by atoms with Crippen LogP contribution in [0, 0.1) is 13.8 Å². The summed E-state index contributed by atoms with van der Waals surface area (Å²) in [6.45, 7) is 8.32. The maximum Gasteiger partial charge on any atom is 0.221 e. The van der Waals surface area contributed by atoms with Crippen molar-refractivity contribution in [2.45, 2.75) is 25.2 Å². The van der Waals surface area contributed by atoms with E-state index in [1.165, 1.54) is 16.0 Å². The Balaban J connectivity index is 2.33. The molecule has 0 radical (unpaired) electrons. The van der Waals surface area contributed by atoms with Gasteiger partial charge in [0.2, 0.25) is 5.91 Å². The molecule has 0 fully saturated rings. The third-order valence-electron chi connectivity index (χ3n) is 2.52. The van der Waals surface area contributed by atoms with E-state index in [1.54, 1.807) is 17.8 Å². The highest BCUT2D eigenvalue weighted by Gasteiger charge is 2.01. The first-order valence-corrected chi connectivity index (χ1v) is 6.69. The van der Waals surface area contributed by atoms with Gasteiger partial charge in [-0.25, -0.2) is 0 Å². The second-order valence-corrected chi connectivity index (χ2v) is 5.11. The lowest BCUT2D eigenvalue weighted by molar-refractivity contribution is -0.120. The SMILES string of the molecule is C=CCNC(=O)CCSc1ccc(C)c(C)c1. The summed E-state index contributed by atoms with van der Waals surface area (Å²) >= 11 is 1.72. The Labute approximate surface area is 107 Å². The fourth-order valence-corrected chi connectivity index (χ4v) is 2.29. The van der Waals surface area contributed by atoms with Crippen LogP contribution in [0.25, 0.3) is 0 Å². The van der Waals surface area contributed by atoms with E-state index in [1.807, 2.05) is 0 Å². The predicted molar refractivity (Wildman–Crippen MR) is 74.5 cm³/mol. The van der Waals surface area contributed by atoms with E-state index in [4.69, 9.17) is 0 Å². The zero-order valence-electron chi connectivity index (χ0n) is 10.5. The molecule has 3 heteroatoms. The van der Waals surface area contributed by atoms with E-state index in [9.17, 15) is 4.79 Å². The van der Waals surface area contributed by atoms with Gasteiger partial charge < -0.3 is 5.32 Å². The lowest BCUT2D eigenvalue weighted by atomic mass is 10.1. The molecule has 1 aromatic rings. The molecular formula is C14H19NOS. The highest BCUT2D eigenvalue weighted by Crippen LogP contribution is 2.21. The maximum absolute atomic E-state index is 11.3. The fraction of sp³-hybridized carbons (Fsp3) is 0.357. The Hall–Kier alpha value is -1.22. The van der Waals surface area contributed by atoms with Gasteiger partial charge in [-0.15, -0.1) is 18.3 Å². The van der Waals surface area contributed by atoms with E-state index in [2.05, 4.69) is 43.9 Å². The molecule has 0 spiro atoms. The topological polar surface area (TPSA) is 29.1 Å². The lowest BCUT2D eigenvalue weighted by Crippen LogP contribution is -2.23. The smallest absolute Gasteiger partial charge is 0.221 e. The van der Waals surface area contributed by atoms with E-state index in [-0.39, 0.29) is 5.91 Å². The van der Waals surface area contributed by atoms with Gasteiger partial charge in [-0.05, 0) is 37.1 Å². The summed E-state index contributed by atoms with van der Waals surface area (Å²) in [5.74, 6) is 0.895. The molecule has 92 valence electrons. The Bertz CT molecular complexity index is 401. The number of hydrogen-bond acceptors (Lipinski definition) is 2. The summed E-state index contributed by atoms with van der Waals surface area (Å²) in [4.78, 5) is 12.6. The van der Waals surface area contributed by atoms with Gasteiger partial charge in [0.25, 0.3) is 0 Å². The summed E-state index contributed by atoms with van der Waals surface area (Å²) in [5.41, 5.74) is 2.60. The van der Waals surface area contributed by atoms with Crippen molar-refractivity contribution < 1.29 is 4.79 Å². The molecule has 0 unspecified atom stereocenters. The third-order valence-corrected chi connectivity index (χ3v) is 3.52. The third kappa shape index (κ3) is 5.09. The highest BCUT2D eigenvalue weighted by molar-refractivity contribution is 7.99. The molecule has 1 amide bonds. The number of thioether (sulfide) groups is 1. The number of carbonyl (C=O) groups excluding carboxylic acids is 1. The van der Waals surface area contributed by atoms with Crippen molar-refractivity contribution in [3.63, 3.8) is 0 Å². The van der Waals surface area contributed by atoms with Gasteiger partial charge in [-0.1, -0.05) is 12.1 Å². The zero-order chi connectivity index (χ0) is 12.7. The normalized spacial score (nSPS) is 10.0. The number of hydrogen-bond donors (Lipinski definition) is 1. The van der Waals surface area contributed by atoms with Gasteiger partial charge in [0.15, 0.2) is 0 Å². The van der Waals surface area contributed by atoms with Crippen LogP contribution in [-0.4, -0.2) is 18.2 Å². The molecule has 0 aliphatic carbocycles. The van der Waals surface area contributed by atoms with Gasteiger partial charge >= 0.3 is 0 Å². The van der Waals surface area contributed by atoms with Crippen LogP contribution in [-0.2, 0) is 4.79 Å². The number of carbonyl (C=O) groups is 1. The highest BCUT2D eigenvalue weighted by atomic mass is 32.2. The van der Waals surface area contributed by atoms with Gasteiger partial charge in [-0.3, -0.25) is 4.79 Å². The molecule has 0 aliphatic heterocycles. The summed E-state index contributed by atoms with van der Waals surface area (Å²) in [6.07, 6.45) is 2.24. The largest absolute Gasteiger partial charge is 0.353 e. The minimum atomic E-state index is 0.0845. The van der Waals surface area contributed by atoms with Crippen LogP contribution < -0.4 is 5.32 Å². The Morgan fingerprint density at radius 3 is 2.82 bits per heavy atom. The van der Waals surface area contributed by atoms with Crippen LogP contribution in [0.5, 0.6) is 0 Å². The number of aryl methyl sites for hydroxylation is 2. The minimum Gasteiger partial charge on any atom is -0.353 e. The Kier molecular flexibility index (Phi) is 5.84. The van der Waals surface area contributed by atoms with Crippen molar-refractivity contribution >= 4 is 17.7 Å². The van der Waals surface area contributed by atoms with Crippen molar-refractivity contribution in [3.05, 3.63) is 42.0 Å². The fourth-order valence-electron chi connectivity index (χ4n) is 1.34. The summed E-state index contributed by atoms with van der Waals surface area (Å²) < 4.78 is 0. The number of nitrogens with one attached hydrogen (secondary N) is 1. The van der Waals surface area contributed by atoms with Gasteiger partial charge in [0, 0.05) is 23.6 Å². The molecule has 0 atom stereocenters. The van der Waals surface area contributed by atoms with Gasteiger partial charge in [-0.2, -0.15) is 0 Å². The van der Waals surface area contributed by atoms with Crippen LogP contribution in [0.15, 0.2) is 35.7 Å². The summed E-state index contributed by atoms with van der Waals surface area (Å²) in [6, 6.07) is 6.39. The molecule has 2 nitrogen and oxygen atoms in total. The van der Waals surface area contributed by atoms with Crippen molar-refractivity contribution in [1.29, 1.82) is 0 Å². The van der Waals surface area contributed by atoms with Crippen LogP contribution in [0.4, 0.5) is 0 Å². The van der Waals surface area contributed by atoms with Crippen molar-refractivity contribution in [2.75, 3.05) is 12.3 Å². The molecule has 0 saturated carbocycles. The van der Waals surface area contributed by atoms with Crippen LogP contribution in [0.1, 0.15) is 17.5 Å². The monoisotopic (exact) mass is 249 g/mol. The zero-order valence-corrected chi connectivity index (χ0v) is 11.3. The van der Waals surface area contributed by atoms with E-state index in [0.29, 0.717) is 13.0 Å². The summed E-state index contributed by atoms with van der Waals surface area (Å²) in [5, 5.41) is 2.77. The first-order chi connectivity index (χ1) is 8.13. The average molecular weight is 249 g/mol. The molecule has 1 N–H and O–H groups in total. The average Bonchev–Trinajstić information content (AvgIpc) is 2.31. The molecule has 0 saturated heterocycles. The van der Waals surface area contributed by atoms with Crippen LogP contribution in [0.2, 0.25) is 0 Å². The van der Waals surface area contributed by atoms with Crippen LogP contribution >= 0.6 is 11.8 Å². The van der Waals surface area contributed by atoms with Crippen molar-refractivity contribution in [2.24, 2.45) is 0 Å². The number of amides is 1. The molecular weight excluding hydrogens is 230 g/mol. The lowest BCUT2D eigenvalue weighted by Gasteiger charge is -2.05. The van der Waals surface area contributed by atoms with Gasteiger partial charge in [0.05, 0.1) is 0 Å². The van der Waals surface area contributed by atoms with E-state index >= 15 is 0 Å². The standard InChI is InChI=1S/C14H19NOS/c1-4-8-15-14(16)7-9-17-13-6-5-11(2)12(3)10-13/h4-6,10H,1,7-9H2,2-3H3,(H,15,16). The van der Waals surface area contributed by atoms with E-state index in [0.717, 1.165) is 5.75 Å². The van der Waals surface area contributed by atoms with Crippen molar-refractivity contribution in [3.8, 4) is 0 Å². The first kappa shape index (κ1) is 13.8. The first-order valence-electron chi connectivity index (χ1n) is 5.71. The molecule has 1 rings (SSSR count). The number of rotatable bonds is 6. The molecule has 0 heterocycles. The second kappa shape index (κ2) is 7.17. The van der Waals surface area contributed by atoms with Gasteiger partial charge in [0.1, 0.15) is 0 Å². The quantitative estimate of drug-likeness (QED) is 0.620. The molecule has 1 aromatic carbocycles. The molecule has 0 aliphatic rings. The predicted octanol–water partition coefficient (Wildman–Crippen LogP) is 3.09. The van der Waals surface area contributed by atoms with E-state index < -0.39 is 0 Å². The molecule has 17 heavy (non-hydrogen) atoms. The Morgan fingerprint density at radius 1 is 1.41 bits per heavy atom. The summed E-state index contributed by atoms with van der Waals surface area (Å²) in [7, 11) is 0. The second-order valence-electron chi connectivity index (χ2n) is 3.94.